The second-order valence-electron chi connectivity index (χ2n) is 5.85. The molecule has 1 unspecified atom stereocenters. The molecule has 0 saturated heterocycles. The van der Waals surface area contributed by atoms with E-state index >= 15 is 0 Å². The van der Waals surface area contributed by atoms with Gasteiger partial charge < -0.3 is 4.90 Å². The number of hydrogen-bond acceptors (Lipinski definition) is 5. The second kappa shape index (κ2) is 7.43. The predicted molar refractivity (Wildman–Crippen MR) is 98.2 cm³/mol. The number of carbonyl (C=O) groups is 1. The Kier molecular flexibility index (Phi) is 5.68. The maximum absolute atomic E-state index is 12.7. The molecular formula is C17H17ClN2O5S. The zero-order chi connectivity index (χ0) is 19.6. The highest BCUT2D eigenvalue weighted by molar-refractivity contribution is 7.90. The van der Waals surface area contributed by atoms with Gasteiger partial charge in [0.05, 0.1) is 15.9 Å². The summed E-state index contributed by atoms with van der Waals surface area (Å²) in [7, 11) is -1.79. The van der Waals surface area contributed by atoms with Gasteiger partial charge in [-0.25, -0.2) is 8.42 Å². The molecule has 0 aliphatic carbocycles. The van der Waals surface area contributed by atoms with Crippen molar-refractivity contribution in [2.75, 3.05) is 13.3 Å². The maximum atomic E-state index is 12.7. The molecule has 0 saturated carbocycles. The van der Waals surface area contributed by atoms with Gasteiger partial charge in [0.15, 0.2) is 9.84 Å². The maximum Gasteiger partial charge on any atom is 0.283 e. The van der Waals surface area contributed by atoms with Crippen molar-refractivity contribution in [1.82, 2.24) is 4.90 Å². The topological polar surface area (TPSA) is 97.6 Å². The molecule has 0 aromatic heterocycles. The number of halogens is 1. The van der Waals surface area contributed by atoms with E-state index in [1.165, 1.54) is 36.2 Å². The molecule has 0 bridgehead atoms. The molecule has 1 amide bonds. The van der Waals surface area contributed by atoms with Crippen LogP contribution in [0.1, 0.15) is 28.9 Å². The fourth-order valence-corrected chi connectivity index (χ4v) is 3.22. The summed E-state index contributed by atoms with van der Waals surface area (Å²) in [6.07, 6.45) is 1.11. The van der Waals surface area contributed by atoms with E-state index in [9.17, 15) is 23.3 Å². The first-order valence-electron chi connectivity index (χ1n) is 7.53. The van der Waals surface area contributed by atoms with E-state index in [2.05, 4.69) is 0 Å². The molecule has 0 fully saturated rings. The fraction of sp³-hybridized carbons (Fsp3) is 0.235. The van der Waals surface area contributed by atoms with E-state index in [4.69, 9.17) is 11.6 Å². The number of carbonyl (C=O) groups excluding carboxylic acids is 1. The molecule has 2 rings (SSSR count). The van der Waals surface area contributed by atoms with E-state index in [0.717, 1.165) is 12.3 Å². The molecule has 0 heterocycles. The standard InChI is InChI=1S/C17H17ClN2O5S/c1-11(12-4-7-14(8-5-12)26(3,24)25)19(2)17(21)15-9-6-13(18)10-16(15)20(22)23/h4-11H,1-3H3. The van der Waals surface area contributed by atoms with Crippen molar-refractivity contribution in [3.63, 3.8) is 0 Å². The molecule has 138 valence electrons. The first-order valence-corrected chi connectivity index (χ1v) is 9.80. The number of benzene rings is 2. The van der Waals surface area contributed by atoms with Crippen LogP contribution in [0.25, 0.3) is 0 Å². The molecule has 9 heteroatoms. The lowest BCUT2D eigenvalue weighted by Crippen LogP contribution is -2.30. The molecule has 0 aliphatic rings. The Morgan fingerprint density at radius 2 is 1.77 bits per heavy atom. The number of nitro groups is 1. The molecule has 26 heavy (non-hydrogen) atoms. The Morgan fingerprint density at radius 3 is 2.27 bits per heavy atom. The minimum atomic E-state index is -3.31. The average Bonchev–Trinajstić information content (AvgIpc) is 2.59. The van der Waals surface area contributed by atoms with Crippen LogP contribution in [0.2, 0.25) is 5.02 Å². The largest absolute Gasteiger partial charge is 0.335 e. The van der Waals surface area contributed by atoms with Crippen LogP contribution in [0.3, 0.4) is 0 Å². The summed E-state index contributed by atoms with van der Waals surface area (Å²) < 4.78 is 23.1. The second-order valence-corrected chi connectivity index (χ2v) is 8.30. The number of nitro benzene ring substituents is 1. The molecule has 1 atom stereocenters. The van der Waals surface area contributed by atoms with Crippen molar-refractivity contribution in [2.24, 2.45) is 0 Å². The van der Waals surface area contributed by atoms with Gasteiger partial charge in [-0.3, -0.25) is 14.9 Å². The van der Waals surface area contributed by atoms with Gasteiger partial charge in [0.1, 0.15) is 5.56 Å². The SMILES string of the molecule is CC(c1ccc(S(C)(=O)=O)cc1)N(C)C(=O)c1ccc(Cl)cc1[N+](=O)[O-]. The van der Waals surface area contributed by atoms with Crippen LogP contribution in [-0.2, 0) is 9.84 Å². The van der Waals surface area contributed by atoms with Gasteiger partial charge >= 0.3 is 0 Å². The van der Waals surface area contributed by atoms with Crippen molar-refractivity contribution in [2.45, 2.75) is 17.9 Å². The van der Waals surface area contributed by atoms with Crippen molar-refractivity contribution in [1.29, 1.82) is 0 Å². The molecule has 0 spiro atoms. The summed E-state index contributed by atoms with van der Waals surface area (Å²) in [6, 6.07) is 9.59. The summed E-state index contributed by atoms with van der Waals surface area (Å²) in [4.78, 5) is 24.8. The van der Waals surface area contributed by atoms with E-state index in [1.54, 1.807) is 19.1 Å². The first-order chi connectivity index (χ1) is 12.0. The van der Waals surface area contributed by atoms with Crippen LogP contribution in [0.5, 0.6) is 0 Å². The highest BCUT2D eigenvalue weighted by Crippen LogP contribution is 2.28. The molecule has 0 N–H and O–H groups in total. The lowest BCUT2D eigenvalue weighted by Gasteiger charge is -2.25. The van der Waals surface area contributed by atoms with Crippen molar-refractivity contribution in [3.05, 3.63) is 68.7 Å². The van der Waals surface area contributed by atoms with Crippen LogP contribution in [0.15, 0.2) is 47.4 Å². The minimum absolute atomic E-state index is 0.0680. The summed E-state index contributed by atoms with van der Waals surface area (Å²) in [5.41, 5.74) is 0.264. The Hall–Kier alpha value is -2.45. The third kappa shape index (κ3) is 4.20. The number of nitrogens with zero attached hydrogens (tertiary/aromatic N) is 2. The molecule has 0 radical (unpaired) electrons. The molecule has 2 aromatic carbocycles. The Morgan fingerprint density at radius 1 is 1.19 bits per heavy atom. The first kappa shape index (κ1) is 19.9. The molecular weight excluding hydrogens is 380 g/mol. The van der Waals surface area contributed by atoms with Crippen LogP contribution in [0, 0.1) is 10.1 Å². The third-order valence-electron chi connectivity index (χ3n) is 4.08. The lowest BCUT2D eigenvalue weighted by molar-refractivity contribution is -0.385. The normalized spacial score (nSPS) is 12.5. The minimum Gasteiger partial charge on any atom is -0.335 e. The molecule has 2 aromatic rings. The zero-order valence-corrected chi connectivity index (χ0v) is 15.9. The highest BCUT2D eigenvalue weighted by Gasteiger charge is 2.26. The third-order valence-corrected chi connectivity index (χ3v) is 5.44. The lowest BCUT2D eigenvalue weighted by atomic mass is 10.1. The van der Waals surface area contributed by atoms with Crippen molar-refractivity contribution < 1.29 is 18.1 Å². The fourth-order valence-electron chi connectivity index (χ4n) is 2.42. The monoisotopic (exact) mass is 396 g/mol. The van der Waals surface area contributed by atoms with Gasteiger partial charge in [0.25, 0.3) is 11.6 Å². The van der Waals surface area contributed by atoms with Crippen molar-refractivity contribution in [3.8, 4) is 0 Å². The number of amides is 1. The van der Waals surface area contributed by atoms with Gasteiger partial charge in [-0.05, 0) is 36.8 Å². The zero-order valence-electron chi connectivity index (χ0n) is 14.3. The van der Waals surface area contributed by atoms with Crippen LogP contribution < -0.4 is 0 Å². The Balaban J connectivity index is 2.32. The summed E-state index contributed by atoms with van der Waals surface area (Å²) >= 11 is 5.78. The number of rotatable bonds is 5. The quantitative estimate of drug-likeness (QED) is 0.569. The van der Waals surface area contributed by atoms with Gasteiger partial charge in [-0.1, -0.05) is 23.7 Å². The van der Waals surface area contributed by atoms with E-state index in [0.29, 0.717) is 5.56 Å². The predicted octanol–water partition coefficient (Wildman–Crippen LogP) is 3.48. The van der Waals surface area contributed by atoms with Gasteiger partial charge in [0, 0.05) is 24.4 Å². The van der Waals surface area contributed by atoms with E-state index < -0.39 is 26.7 Å². The van der Waals surface area contributed by atoms with E-state index in [1.807, 2.05) is 0 Å². The Bertz CT molecular complexity index is 958. The summed E-state index contributed by atoms with van der Waals surface area (Å²) in [5, 5.41) is 11.4. The van der Waals surface area contributed by atoms with Gasteiger partial charge in [-0.15, -0.1) is 0 Å². The smallest absolute Gasteiger partial charge is 0.283 e. The van der Waals surface area contributed by atoms with Crippen LogP contribution >= 0.6 is 11.6 Å². The molecule has 0 aliphatic heterocycles. The number of hydrogen-bond donors (Lipinski definition) is 0. The average molecular weight is 397 g/mol. The van der Waals surface area contributed by atoms with Gasteiger partial charge in [-0.2, -0.15) is 0 Å². The Labute approximate surface area is 156 Å². The highest BCUT2D eigenvalue weighted by atomic mass is 35.5. The van der Waals surface area contributed by atoms with Gasteiger partial charge in [0.2, 0.25) is 0 Å². The summed E-state index contributed by atoms with van der Waals surface area (Å²) in [5.74, 6) is -0.534. The molecule has 7 nitrogen and oxygen atoms in total. The number of sulfone groups is 1. The van der Waals surface area contributed by atoms with E-state index in [-0.39, 0.29) is 21.2 Å². The van der Waals surface area contributed by atoms with Crippen molar-refractivity contribution >= 4 is 33.0 Å². The summed E-state index contributed by atoms with van der Waals surface area (Å²) in [6.45, 7) is 1.75. The van der Waals surface area contributed by atoms with Crippen LogP contribution in [0.4, 0.5) is 5.69 Å². The van der Waals surface area contributed by atoms with Crippen LogP contribution in [-0.4, -0.2) is 37.5 Å².